The van der Waals surface area contributed by atoms with Gasteiger partial charge in [0.15, 0.2) is 0 Å². The van der Waals surface area contributed by atoms with Gasteiger partial charge in [0, 0.05) is 6.07 Å². The first-order chi connectivity index (χ1) is 12.3. The van der Waals surface area contributed by atoms with Gasteiger partial charge < -0.3 is 4.74 Å². The number of aryl methyl sites for hydroxylation is 1. The molecule has 0 N–H and O–H groups in total. The van der Waals surface area contributed by atoms with Crippen molar-refractivity contribution in [1.29, 1.82) is 0 Å². The third-order valence-electron chi connectivity index (χ3n) is 3.45. The highest BCUT2D eigenvalue weighted by Gasteiger charge is 2.35. The predicted molar refractivity (Wildman–Crippen MR) is 87.1 cm³/mol. The summed E-state index contributed by atoms with van der Waals surface area (Å²) in [6.45, 7) is 1.46. The van der Waals surface area contributed by atoms with Gasteiger partial charge in [-0.15, -0.1) is 0 Å². The minimum absolute atomic E-state index is 0.138. The van der Waals surface area contributed by atoms with Crippen molar-refractivity contribution in [3.05, 3.63) is 62.5 Å². The molecule has 0 amide bonds. The van der Waals surface area contributed by atoms with Crippen LogP contribution >= 0.6 is 11.3 Å². The number of hydrogen-bond donors (Lipinski definition) is 0. The van der Waals surface area contributed by atoms with Crippen molar-refractivity contribution in [1.82, 2.24) is 14.6 Å². The Bertz CT molecular complexity index is 1030. The number of halogens is 3. The van der Waals surface area contributed by atoms with Gasteiger partial charge in [-0.2, -0.15) is 22.8 Å². The summed E-state index contributed by atoms with van der Waals surface area (Å²) in [5.41, 5.74) is -1.99. The molecule has 6 nitrogen and oxygen atoms in total. The van der Waals surface area contributed by atoms with Crippen LogP contribution in [-0.4, -0.2) is 20.6 Å². The monoisotopic (exact) mass is 383 g/mol. The Morgan fingerprint density at radius 2 is 2.04 bits per heavy atom. The average Bonchev–Trinajstić information content (AvgIpc) is 3.03. The number of carbonyl (C=O) groups is 1. The van der Waals surface area contributed by atoms with Gasteiger partial charge >= 0.3 is 12.1 Å². The predicted octanol–water partition coefficient (Wildman–Crippen LogP) is 3.09. The maximum atomic E-state index is 13.0. The van der Waals surface area contributed by atoms with Crippen LogP contribution in [0.5, 0.6) is 0 Å². The van der Waals surface area contributed by atoms with Gasteiger partial charge in [-0.3, -0.25) is 4.79 Å². The molecular weight excluding hydrogens is 371 g/mol. The van der Waals surface area contributed by atoms with Crippen LogP contribution in [0.15, 0.2) is 35.1 Å². The highest BCUT2D eigenvalue weighted by Crippen LogP contribution is 2.32. The molecule has 3 aromatic rings. The molecule has 136 valence electrons. The molecule has 0 aliphatic carbocycles. The van der Waals surface area contributed by atoms with Crippen molar-refractivity contribution in [2.24, 2.45) is 0 Å². The second-order valence-electron chi connectivity index (χ2n) is 5.25. The smallest absolute Gasteiger partial charge is 0.417 e. The largest absolute Gasteiger partial charge is 0.456 e. The summed E-state index contributed by atoms with van der Waals surface area (Å²) in [5.74, 6) is -1.14. The molecule has 0 fully saturated rings. The van der Waals surface area contributed by atoms with E-state index in [2.05, 4.69) is 10.1 Å². The molecule has 0 radical (unpaired) electrons. The zero-order chi connectivity index (χ0) is 18.9. The number of carbonyl (C=O) groups excluding carboxylic acids is 1. The number of rotatable bonds is 4. The lowest BCUT2D eigenvalue weighted by Crippen LogP contribution is -2.18. The summed E-state index contributed by atoms with van der Waals surface area (Å²) in [6, 6.07) is 5.47. The lowest BCUT2D eigenvalue weighted by atomic mass is 10.1. The van der Waals surface area contributed by atoms with Crippen molar-refractivity contribution in [3.63, 3.8) is 0 Å². The minimum atomic E-state index is -4.68. The number of nitrogens with zero attached hydrogens (tertiary/aromatic N) is 3. The summed E-state index contributed by atoms with van der Waals surface area (Å²) < 4.78 is 45.0. The van der Waals surface area contributed by atoms with Crippen LogP contribution in [-0.2, 0) is 23.9 Å². The van der Waals surface area contributed by atoms with Crippen molar-refractivity contribution in [3.8, 4) is 0 Å². The molecule has 2 aromatic heterocycles. The molecule has 26 heavy (non-hydrogen) atoms. The fourth-order valence-electron chi connectivity index (χ4n) is 2.24. The van der Waals surface area contributed by atoms with E-state index in [4.69, 9.17) is 4.74 Å². The van der Waals surface area contributed by atoms with Crippen LogP contribution in [0.4, 0.5) is 13.2 Å². The van der Waals surface area contributed by atoms with Gasteiger partial charge in [-0.1, -0.05) is 30.4 Å². The van der Waals surface area contributed by atoms with Gasteiger partial charge in [0.05, 0.1) is 16.8 Å². The molecule has 2 heterocycles. The van der Waals surface area contributed by atoms with E-state index in [0.29, 0.717) is 16.4 Å². The summed E-state index contributed by atoms with van der Waals surface area (Å²) >= 11 is 1.21. The molecule has 0 saturated carbocycles. The van der Waals surface area contributed by atoms with Gasteiger partial charge in [0.25, 0.3) is 5.56 Å². The van der Waals surface area contributed by atoms with Crippen molar-refractivity contribution >= 4 is 22.3 Å². The van der Waals surface area contributed by atoms with Crippen LogP contribution in [0.1, 0.15) is 33.5 Å². The first kappa shape index (κ1) is 18.1. The van der Waals surface area contributed by atoms with Crippen LogP contribution in [0.2, 0.25) is 0 Å². The SMILES string of the molecule is CCc1nn2c(=O)cc(COC(=O)c3ccccc3C(F)(F)F)nc2s1. The maximum absolute atomic E-state index is 13.0. The summed E-state index contributed by atoms with van der Waals surface area (Å²) in [5, 5.41) is 4.79. The fourth-order valence-corrected chi connectivity index (χ4v) is 3.10. The number of ether oxygens (including phenoxy) is 1. The number of alkyl halides is 3. The van der Waals surface area contributed by atoms with Crippen molar-refractivity contribution in [2.75, 3.05) is 0 Å². The highest BCUT2D eigenvalue weighted by atomic mass is 32.1. The molecule has 0 spiro atoms. The van der Waals surface area contributed by atoms with E-state index < -0.39 is 35.4 Å². The lowest BCUT2D eigenvalue weighted by Gasteiger charge is -2.11. The number of benzene rings is 1. The van der Waals surface area contributed by atoms with Crippen LogP contribution in [0.3, 0.4) is 0 Å². The molecule has 0 aliphatic rings. The first-order valence-corrected chi connectivity index (χ1v) is 8.33. The van der Waals surface area contributed by atoms with Gasteiger partial charge in [-0.05, 0) is 18.6 Å². The summed E-state index contributed by atoms with van der Waals surface area (Å²) in [4.78, 5) is 28.5. The Morgan fingerprint density at radius 3 is 2.73 bits per heavy atom. The van der Waals surface area contributed by atoms with Gasteiger partial charge in [-0.25, -0.2) is 9.78 Å². The molecule has 0 aliphatic heterocycles. The third-order valence-corrected chi connectivity index (χ3v) is 4.50. The lowest BCUT2D eigenvalue weighted by molar-refractivity contribution is -0.138. The molecule has 3 rings (SSSR count). The van der Waals surface area contributed by atoms with E-state index in [-0.39, 0.29) is 5.69 Å². The Hall–Kier alpha value is -2.75. The van der Waals surface area contributed by atoms with E-state index in [1.54, 1.807) is 0 Å². The summed E-state index contributed by atoms with van der Waals surface area (Å²) in [7, 11) is 0. The second-order valence-corrected chi connectivity index (χ2v) is 6.29. The fraction of sp³-hybridized carbons (Fsp3) is 0.250. The van der Waals surface area contributed by atoms with Crippen molar-refractivity contribution in [2.45, 2.75) is 26.1 Å². The zero-order valence-corrected chi connectivity index (χ0v) is 14.2. The molecule has 1 aromatic carbocycles. The Balaban J connectivity index is 1.82. The standard InChI is InChI=1S/C16H12F3N3O3S/c1-2-12-21-22-13(23)7-9(20-15(22)26-12)8-25-14(24)10-5-3-4-6-11(10)16(17,18)19/h3-7H,2,8H2,1H3. The van der Waals surface area contributed by atoms with Gasteiger partial charge in [0.2, 0.25) is 4.96 Å². The quantitative estimate of drug-likeness (QED) is 0.648. The molecule has 0 atom stereocenters. The van der Waals surface area contributed by atoms with Crippen molar-refractivity contribution < 1.29 is 22.7 Å². The third kappa shape index (κ3) is 3.59. The van der Waals surface area contributed by atoms with E-state index >= 15 is 0 Å². The number of aromatic nitrogens is 3. The minimum Gasteiger partial charge on any atom is -0.456 e. The molecular formula is C16H12F3N3O3S. The van der Waals surface area contributed by atoms with E-state index in [9.17, 15) is 22.8 Å². The molecule has 0 unspecified atom stereocenters. The second kappa shape index (κ2) is 6.87. The average molecular weight is 383 g/mol. The Labute approximate surface area is 148 Å². The number of esters is 1. The molecule has 10 heteroatoms. The van der Waals surface area contributed by atoms with E-state index in [1.807, 2.05) is 6.92 Å². The molecule has 0 saturated heterocycles. The topological polar surface area (TPSA) is 73.6 Å². The first-order valence-electron chi connectivity index (χ1n) is 7.51. The number of fused-ring (bicyclic) bond motifs is 1. The maximum Gasteiger partial charge on any atom is 0.417 e. The molecule has 0 bridgehead atoms. The number of hydrogen-bond acceptors (Lipinski definition) is 6. The van der Waals surface area contributed by atoms with Crippen LogP contribution in [0, 0.1) is 0 Å². The van der Waals surface area contributed by atoms with Crippen LogP contribution in [0.25, 0.3) is 4.96 Å². The normalized spacial score (nSPS) is 11.7. The van der Waals surface area contributed by atoms with E-state index in [0.717, 1.165) is 22.7 Å². The van der Waals surface area contributed by atoms with Crippen LogP contribution < -0.4 is 5.56 Å². The zero-order valence-electron chi connectivity index (χ0n) is 13.4. The Morgan fingerprint density at radius 1 is 1.31 bits per heavy atom. The van der Waals surface area contributed by atoms with E-state index in [1.165, 1.54) is 23.5 Å². The highest BCUT2D eigenvalue weighted by molar-refractivity contribution is 7.16. The van der Waals surface area contributed by atoms with Gasteiger partial charge in [0.1, 0.15) is 11.6 Å². The Kier molecular flexibility index (Phi) is 4.77. The summed E-state index contributed by atoms with van der Waals surface area (Å²) in [6.07, 6.45) is -4.04.